The number of nitrogens with zero attached hydrogens (tertiary/aromatic N) is 3. The van der Waals surface area contributed by atoms with Gasteiger partial charge < -0.3 is 10.2 Å². The van der Waals surface area contributed by atoms with E-state index in [0.717, 1.165) is 17.8 Å². The molecule has 1 aromatic heterocycles. The molecular weight excluding hydrogens is 436 g/mol. The van der Waals surface area contributed by atoms with Crippen molar-refractivity contribution >= 4 is 52.0 Å². The number of aryl methyl sites for hydroxylation is 1. The number of aromatic nitrogens is 1. The largest absolute Gasteiger partial charge is 0.322 e. The van der Waals surface area contributed by atoms with Gasteiger partial charge in [-0.05, 0) is 49.7 Å². The summed E-state index contributed by atoms with van der Waals surface area (Å²) in [6, 6.07) is 11.4. The average Bonchev–Trinajstić information content (AvgIpc) is 3.36. The molecule has 2 aromatic carbocycles. The van der Waals surface area contributed by atoms with Crippen molar-refractivity contribution in [3.8, 4) is 0 Å². The Morgan fingerprint density at radius 2 is 2.03 bits per heavy atom. The van der Waals surface area contributed by atoms with E-state index in [1.165, 1.54) is 29.2 Å². The van der Waals surface area contributed by atoms with E-state index in [-0.39, 0.29) is 17.2 Å². The maximum atomic E-state index is 12.6. The van der Waals surface area contributed by atoms with E-state index in [9.17, 15) is 19.7 Å². The van der Waals surface area contributed by atoms with Gasteiger partial charge in [0, 0.05) is 47.0 Å². The van der Waals surface area contributed by atoms with Gasteiger partial charge in [0.2, 0.25) is 5.91 Å². The number of anilines is 2. The monoisotopic (exact) mass is 454 g/mol. The highest BCUT2D eigenvalue weighted by Gasteiger charge is 2.22. The van der Waals surface area contributed by atoms with Crippen LogP contribution in [0.4, 0.5) is 17.1 Å². The van der Waals surface area contributed by atoms with Crippen LogP contribution in [0.2, 0.25) is 0 Å². The summed E-state index contributed by atoms with van der Waals surface area (Å²) in [6.07, 6.45) is 1.39. The van der Waals surface area contributed by atoms with Gasteiger partial charge in [-0.3, -0.25) is 19.7 Å². The van der Waals surface area contributed by atoms with Crippen LogP contribution in [0.5, 0.6) is 0 Å². The van der Waals surface area contributed by atoms with Crippen molar-refractivity contribution in [2.45, 2.75) is 29.0 Å². The Balaban J connectivity index is 1.49. The second kappa shape index (κ2) is 8.86. The molecule has 31 heavy (non-hydrogen) atoms. The van der Waals surface area contributed by atoms with Crippen LogP contribution in [0.25, 0.3) is 0 Å². The van der Waals surface area contributed by atoms with Gasteiger partial charge >= 0.3 is 0 Å². The van der Waals surface area contributed by atoms with Crippen LogP contribution in [0.15, 0.2) is 57.1 Å². The summed E-state index contributed by atoms with van der Waals surface area (Å²) < 4.78 is 0.703. The molecule has 0 aliphatic carbocycles. The van der Waals surface area contributed by atoms with E-state index < -0.39 is 10.8 Å². The molecule has 1 aliphatic heterocycles. The number of nitro benzene ring substituents is 1. The Kier molecular flexibility index (Phi) is 6.01. The van der Waals surface area contributed by atoms with Gasteiger partial charge in [0.25, 0.3) is 11.6 Å². The fourth-order valence-electron chi connectivity index (χ4n) is 3.21. The summed E-state index contributed by atoms with van der Waals surface area (Å²) >= 11 is 2.62. The number of hydrogen-bond acceptors (Lipinski definition) is 7. The predicted molar refractivity (Wildman–Crippen MR) is 120 cm³/mol. The van der Waals surface area contributed by atoms with E-state index in [4.69, 9.17) is 0 Å². The van der Waals surface area contributed by atoms with Crippen molar-refractivity contribution in [1.29, 1.82) is 0 Å². The molecule has 1 aliphatic rings. The molecule has 0 saturated carbocycles. The van der Waals surface area contributed by atoms with E-state index in [1.54, 1.807) is 41.3 Å². The minimum Gasteiger partial charge on any atom is -0.322 e. The zero-order valence-corrected chi connectivity index (χ0v) is 18.2. The van der Waals surface area contributed by atoms with Crippen molar-refractivity contribution in [2.24, 2.45) is 0 Å². The Morgan fingerprint density at radius 3 is 2.65 bits per heavy atom. The van der Waals surface area contributed by atoms with Gasteiger partial charge in [0.1, 0.15) is 0 Å². The van der Waals surface area contributed by atoms with E-state index in [1.807, 2.05) is 12.3 Å². The fourth-order valence-corrected chi connectivity index (χ4v) is 5.09. The molecule has 1 saturated heterocycles. The molecule has 0 atom stereocenters. The van der Waals surface area contributed by atoms with Crippen molar-refractivity contribution < 1.29 is 14.5 Å². The number of carbonyl (C=O) groups is 2. The van der Waals surface area contributed by atoms with Crippen LogP contribution >= 0.6 is 23.1 Å². The van der Waals surface area contributed by atoms with Gasteiger partial charge in [0.05, 0.1) is 9.82 Å². The summed E-state index contributed by atoms with van der Waals surface area (Å²) in [6.45, 7) is 2.55. The molecule has 0 unspecified atom stereocenters. The van der Waals surface area contributed by atoms with Crippen molar-refractivity contribution in [2.75, 3.05) is 16.8 Å². The number of thiazole rings is 1. The number of nitro groups is 1. The highest BCUT2D eigenvalue weighted by molar-refractivity contribution is 8.01. The first-order valence-corrected chi connectivity index (χ1v) is 11.2. The van der Waals surface area contributed by atoms with Crippen LogP contribution in [0.3, 0.4) is 0 Å². The number of rotatable bonds is 6. The molecule has 4 rings (SSSR count). The van der Waals surface area contributed by atoms with Gasteiger partial charge in [-0.15, -0.1) is 11.3 Å². The Bertz CT molecular complexity index is 1160. The molecule has 0 bridgehead atoms. The first kappa shape index (κ1) is 21.0. The summed E-state index contributed by atoms with van der Waals surface area (Å²) in [5, 5.41) is 16.2. The molecular formula is C21H18N4O4S2. The lowest BCUT2D eigenvalue weighted by atomic mass is 10.2. The lowest BCUT2D eigenvalue weighted by Gasteiger charge is -2.16. The first-order valence-electron chi connectivity index (χ1n) is 9.51. The van der Waals surface area contributed by atoms with E-state index in [0.29, 0.717) is 27.9 Å². The Morgan fingerprint density at radius 1 is 1.26 bits per heavy atom. The van der Waals surface area contributed by atoms with Crippen molar-refractivity contribution in [1.82, 2.24) is 4.98 Å². The molecule has 2 amide bonds. The van der Waals surface area contributed by atoms with Gasteiger partial charge in [-0.2, -0.15) is 0 Å². The van der Waals surface area contributed by atoms with E-state index >= 15 is 0 Å². The van der Waals surface area contributed by atoms with Crippen molar-refractivity contribution in [3.05, 3.63) is 69.2 Å². The summed E-state index contributed by atoms with van der Waals surface area (Å²) in [5.41, 5.74) is 2.22. The predicted octanol–water partition coefficient (Wildman–Crippen LogP) is 4.89. The van der Waals surface area contributed by atoms with Gasteiger partial charge in [0.15, 0.2) is 4.34 Å². The lowest BCUT2D eigenvalue weighted by Crippen LogP contribution is -2.23. The van der Waals surface area contributed by atoms with Crippen LogP contribution in [-0.2, 0) is 4.79 Å². The fraction of sp³-hybridized carbons (Fsp3) is 0.190. The van der Waals surface area contributed by atoms with Crippen LogP contribution in [0.1, 0.15) is 28.9 Å². The zero-order chi connectivity index (χ0) is 22.0. The summed E-state index contributed by atoms with van der Waals surface area (Å²) in [5.74, 6) is -0.357. The normalized spacial score (nSPS) is 13.5. The molecule has 3 aromatic rings. The second-order valence-electron chi connectivity index (χ2n) is 6.95. The van der Waals surface area contributed by atoms with E-state index in [2.05, 4.69) is 10.3 Å². The number of nitrogens with one attached hydrogen (secondary N) is 1. The minimum atomic E-state index is -0.499. The summed E-state index contributed by atoms with van der Waals surface area (Å²) in [4.78, 5) is 42.0. The molecule has 158 valence electrons. The highest BCUT2D eigenvalue weighted by atomic mass is 32.2. The molecule has 2 heterocycles. The van der Waals surface area contributed by atoms with Crippen LogP contribution in [0, 0.1) is 17.0 Å². The smallest absolute Gasteiger partial charge is 0.284 e. The topological polar surface area (TPSA) is 105 Å². The minimum absolute atomic E-state index is 0.0926. The number of benzene rings is 2. The molecule has 1 fully saturated rings. The van der Waals surface area contributed by atoms with Gasteiger partial charge in [-0.1, -0.05) is 11.8 Å². The maximum absolute atomic E-state index is 12.6. The lowest BCUT2D eigenvalue weighted by molar-refractivity contribution is -0.387. The third-order valence-electron chi connectivity index (χ3n) is 4.72. The maximum Gasteiger partial charge on any atom is 0.284 e. The second-order valence-corrected chi connectivity index (χ2v) is 9.09. The molecule has 0 spiro atoms. The number of carbonyl (C=O) groups excluding carboxylic acids is 2. The molecule has 10 heteroatoms. The summed E-state index contributed by atoms with van der Waals surface area (Å²) in [7, 11) is 0. The number of amides is 2. The molecule has 8 nitrogen and oxygen atoms in total. The van der Waals surface area contributed by atoms with Crippen LogP contribution in [-0.4, -0.2) is 28.3 Å². The third kappa shape index (κ3) is 4.75. The molecule has 1 N–H and O–H groups in total. The first-order chi connectivity index (χ1) is 14.9. The Hall–Kier alpha value is -3.24. The number of hydrogen-bond donors (Lipinski definition) is 1. The highest BCUT2D eigenvalue weighted by Crippen LogP contribution is 2.37. The SMILES string of the molecule is Cc1csc(Sc2ccc(C(=O)Nc3ccc(N4CCCC4=O)cc3)cc2[N+](=O)[O-])n1. The average molecular weight is 455 g/mol. The Labute approximate surface area is 186 Å². The van der Waals surface area contributed by atoms with Crippen LogP contribution < -0.4 is 10.2 Å². The van der Waals surface area contributed by atoms with Gasteiger partial charge in [-0.25, -0.2) is 4.98 Å². The molecule has 0 radical (unpaired) electrons. The van der Waals surface area contributed by atoms with Crippen molar-refractivity contribution in [3.63, 3.8) is 0 Å². The standard InChI is InChI=1S/C21H18N4O4S2/c1-13-12-30-21(22-13)31-18-9-4-14(11-17(18)25(28)29)20(27)23-15-5-7-16(8-6-15)24-10-2-3-19(24)26/h4-9,11-12H,2-3,10H2,1H3,(H,23,27). The third-order valence-corrected chi connectivity index (χ3v) is 6.84. The zero-order valence-electron chi connectivity index (χ0n) is 16.5. The quantitative estimate of drug-likeness (QED) is 0.420.